The minimum atomic E-state index is -0.383. The highest BCUT2D eigenvalue weighted by atomic mass is 32.1. The van der Waals surface area contributed by atoms with Gasteiger partial charge in [-0.25, -0.2) is 14.9 Å². The number of rotatable bonds is 5. The molecule has 29 heavy (non-hydrogen) atoms. The van der Waals surface area contributed by atoms with Crippen molar-refractivity contribution in [3.63, 3.8) is 0 Å². The van der Waals surface area contributed by atoms with Gasteiger partial charge in [0.2, 0.25) is 0 Å². The molecule has 4 aromatic rings. The average molecular weight is 407 g/mol. The van der Waals surface area contributed by atoms with Gasteiger partial charge in [0.15, 0.2) is 0 Å². The summed E-state index contributed by atoms with van der Waals surface area (Å²) in [5, 5.41) is 10.8. The van der Waals surface area contributed by atoms with Crippen molar-refractivity contribution in [2.75, 3.05) is 0 Å². The molecule has 0 spiro atoms. The third-order valence-corrected chi connectivity index (χ3v) is 6.03. The predicted octanol–water partition coefficient (Wildman–Crippen LogP) is 3.89. The van der Waals surface area contributed by atoms with E-state index in [9.17, 15) is 4.79 Å². The number of hydrogen-bond donors (Lipinski definition) is 1. The number of nitrogens with one attached hydrogen (secondary N) is 1. The molecular formula is C21H21N5O2S. The summed E-state index contributed by atoms with van der Waals surface area (Å²) in [5.74, 6) is 0.792. The minimum absolute atomic E-state index is 0.316. The van der Waals surface area contributed by atoms with Crippen molar-refractivity contribution in [1.82, 2.24) is 25.2 Å². The fraction of sp³-hybridized carbons (Fsp3) is 0.238. The molecule has 0 radical (unpaired) electrons. The highest BCUT2D eigenvalue weighted by molar-refractivity contribution is 7.15. The summed E-state index contributed by atoms with van der Waals surface area (Å²) < 4.78 is 7.36. The Morgan fingerprint density at radius 3 is 2.59 bits per heavy atom. The first-order valence-electron chi connectivity index (χ1n) is 9.21. The highest BCUT2D eigenvalue weighted by Crippen LogP contribution is 2.31. The number of ether oxygens (including phenoxy) is 1. The molecule has 0 bridgehead atoms. The van der Waals surface area contributed by atoms with Gasteiger partial charge in [-0.05, 0) is 73.5 Å². The molecule has 7 nitrogen and oxygen atoms in total. The second-order valence-corrected chi connectivity index (χ2v) is 8.12. The van der Waals surface area contributed by atoms with Crippen LogP contribution < -0.4 is 10.4 Å². The molecule has 8 heteroatoms. The molecule has 0 aliphatic rings. The van der Waals surface area contributed by atoms with Crippen LogP contribution in [0.2, 0.25) is 0 Å². The Hall–Kier alpha value is -3.26. The first-order chi connectivity index (χ1) is 13.9. The number of thiazole rings is 1. The zero-order valence-corrected chi connectivity index (χ0v) is 17.5. The Labute approximate surface area is 172 Å². The van der Waals surface area contributed by atoms with Gasteiger partial charge in [-0.1, -0.05) is 12.1 Å². The minimum Gasteiger partial charge on any atom is -0.489 e. The maximum atomic E-state index is 11.9. The summed E-state index contributed by atoms with van der Waals surface area (Å²) in [4.78, 5) is 17.8. The van der Waals surface area contributed by atoms with Crippen molar-refractivity contribution < 1.29 is 4.74 Å². The van der Waals surface area contributed by atoms with Crippen LogP contribution in [0, 0.1) is 27.7 Å². The number of nitrogens with zero attached hydrogens (tertiary/aromatic N) is 4. The van der Waals surface area contributed by atoms with Gasteiger partial charge in [0.1, 0.15) is 17.4 Å². The lowest BCUT2D eigenvalue weighted by atomic mass is 10.1. The van der Waals surface area contributed by atoms with Crippen LogP contribution in [0.1, 0.15) is 27.3 Å². The van der Waals surface area contributed by atoms with E-state index in [-0.39, 0.29) is 5.69 Å². The van der Waals surface area contributed by atoms with Crippen molar-refractivity contribution in [3.05, 3.63) is 74.1 Å². The first kappa shape index (κ1) is 19.1. The van der Waals surface area contributed by atoms with E-state index >= 15 is 0 Å². The van der Waals surface area contributed by atoms with E-state index in [4.69, 9.17) is 4.74 Å². The van der Waals surface area contributed by atoms with Crippen LogP contribution in [-0.2, 0) is 6.61 Å². The first-order valence-corrected chi connectivity index (χ1v) is 10.0. The number of aryl methyl sites for hydroxylation is 4. The van der Waals surface area contributed by atoms with Crippen LogP contribution in [0.5, 0.6) is 5.75 Å². The number of aromatic amines is 1. The van der Waals surface area contributed by atoms with E-state index in [1.54, 1.807) is 11.3 Å². The van der Waals surface area contributed by atoms with Gasteiger partial charge in [0.25, 0.3) is 0 Å². The van der Waals surface area contributed by atoms with Crippen LogP contribution in [0.15, 0.2) is 41.2 Å². The zero-order valence-electron chi connectivity index (χ0n) is 16.7. The van der Waals surface area contributed by atoms with Gasteiger partial charge in [0, 0.05) is 16.0 Å². The van der Waals surface area contributed by atoms with E-state index in [1.165, 1.54) is 9.56 Å². The van der Waals surface area contributed by atoms with Gasteiger partial charge in [0.05, 0.1) is 11.4 Å². The molecule has 0 aliphatic carbocycles. The summed E-state index contributed by atoms with van der Waals surface area (Å²) >= 11 is 1.70. The van der Waals surface area contributed by atoms with E-state index in [0.29, 0.717) is 12.3 Å². The van der Waals surface area contributed by atoms with Gasteiger partial charge in [-0.15, -0.1) is 11.3 Å². The molecule has 2 heterocycles. The molecule has 0 unspecified atom stereocenters. The Balaban J connectivity index is 1.60. The summed E-state index contributed by atoms with van der Waals surface area (Å²) in [6.07, 6.45) is 0. The largest absolute Gasteiger partial charge is 0.489 e. The molecular weight excluding hydrogens is 386 g/mol. The summed E-state index contributed by atoms with van der Waals surface area (Å²) in [7, 11) is 0. The highest BCUT2D eigenvalue weighted by Gasteiger charge is 2.13. The number of H-pyrrole nitrogens is 1. The molecule has 0 aliphatic heterocycles. The number of benzene rings is 2. The van der Waals surface area contributed by atoms with Gasteiger partial charge >= 0.3 is 5.69 Å². The number of aromatic nitrogens is 5. The van der Waals surface area contributed by atoms with E-state index < -0.39 is 0 Å². The molecule has 0 saturated carbocycles. The van der Waals surface area contributed by atoms with E-state index in [1.807, 2.05) is 51.1 Å². The fourth-order valence-electron chi connectivity index (χ4n) is 3.12. The lowest BCUT2D eigenvalue weighted by molar-refractivity contribution is 0.302. The molecule has 4 rings (SSSR count). The standard InChI is InChI=1S/C21H21N5O2S/c1-12-6-5-7-18(26-21(27)23-24-25-26)17(12)11-28-19-9-8-16(10-13(19)2)20-22-14(3)15(4)29-20/h5-10H,11H2,1-4H3,(H,23,25,27). The predicted molar refractivity (Wildman–Crippen MR) is 113 cm³/mol. The smallest absolute Gasteiger partial charge is 0.365 e. The lowest BCUT2D eigenvalue weighted by Gasteiger charge is -2.14. The van der Waals surface area contributed by atoms with Gasteiger partial charge < -0.3 is 4.74 Å². The van der Waals surface area contributed by atoms with Crippen LogP contribution in [0.4, 0.5) is 0 Å². The van der Waals surface area contributed by atoms with Crippen LogP contribution >= 0.6 is 11.3 Å². The molecule has 0 amide bonds. The maximum Gasteiger partial charge on any atom is 0.365 e. The van der Waals surface area contributed by atoms with E-state index in [0.717, 1.165) is 38.7 Å². The second kappa shape index (κ2) is 7.63. The fourth-order valence-corrected chi connectivity index (χ4v) is 4.03. The van der Waals surface area contributed by atoms with Crippen molar-refractivity contribution in [1.29, 1.82) is 0 Å². The lowest BCUT2D eigenvalue weighted by Crippen LogP contribution is -2.18. The van der Waals surface area contributed by atoms with Gasteiger partial charge in [-0.3, -0.25) is 0 Å². The Morgan fingerprint density at radius 2 is 1.93 bits per heavy atom. The second-order valence-electron chi connectivity index (χ2n) is 6.92. The van der Waals surface area contributed by atoms with Crippen molar-refractivity contribution in [2.45, 2.75) is 34.3 Å². The van der Waals surface area contributed by atoms with Crippen molar-refractivity contribution in [2.24, 2.45) is 0 Å². The molecule has 148 valence electrons. The molecule has 2 aromatic carbocycles. The summed E-state index contributed by atoms with van der Waals surface area (Å²) in [5.41, 5.74) is 5.36. The maximum absolute atomic E-state index is 11.9. The SMILES string of the molecule is Cc1cc(-c2nc(C)c(C)s2)ccc1OCc1c(C)cccc1-n1nn[nH]c1=O. The van der Waals surface area contributed by atoms with Gasteiger partial charge in [-0.2, -0.15) is 4.68 Å². The van der Waals surface area contributed by atoms with Crippen molar-refractivity contribution in [3.8, 4) is 22.0 Å². The van der Waals surface area contributed by atoms with Crippen LogP contribution in [0.25, 0.3) is 16.3 Å². The van der Waals surface area contributed by atoms with E-state index in [2.05, 4.69) is 33.5 Å². The zero-order chi connectivity index (χ0) is 20.5. The Morgan fingerprint density at radius 1 is 1.10 bits per heavy atom. The topological polar surface area (TPSA) is 85.7 Å². The quantitative estimate of drug-likeness (QED) is 0.542. The molecule has 0 fully saturated rings. The number of hydrogen-bond acceptors (Lipinski definition) is 6. The summed E-state index contributed by atoms with van der Waals surface area (Å²) in [6.45, 7) is 8.43. The molecule has 1 N–H and O–H groups in total. The Kier molecular flexibility index (Phi) is 5.02. The Bertz CT molecular complexity index is 1220. The molecule has 0 saturated heterocycles. The van der Waals surface area contributed by atoms with Crippen molar-refractivity contribution >= 4 is 11.3 Å². The summed E-state index contributed by atoms with van der Waals surface area (Å²) in [6, 6.07) is 11.8. The third-order valence-electron chi connectivity index (χ3n) is 4.91. The van der Waals surface area contributed by atoms with Crippen LogP contribution in [0.3, 0.4) is 0 Å². The normalized spacial score (nSPS) is 11.0. The third kappa shape index (κ3) is 3.71. The molecule has 0 atom stereocenters. The average Bonchev–Trinajstić information content (AvgIpc) is 3.26. The number of tetrazole rings is 1. The molecule has 2 aromatic heterocycles. The monoisotopic (exact) mass is 407 g/mol. The van der Waals surface area contributed by atoms with Crippen LogP contribution in [-0.4, -0.2) is 25.2 Å².